The SMILES string of the molecule is COC(C)CNC1CCCc2occc21. The summed E-state index contributed by atoms with van der Waals surface area (Å²) in [5.41, 5.74) is 1.34. The van der Waals surface area contributed by atoms with Gasteiger partial charge in [-0.25, -0.2) is 0 Å². The van der Waals surface area contributed by atoms with E-state index < -0.39 is 0 Å². The van der Waals surface area contributed by atoms with E-state index in [0.717, 1.165) is 18.7 Å². The number of nitrogens with one attached hydrogen (secondary N) is 1. The van der Waals surface area contributed by atoms with E-state index in [-0.39, 0.29) is 6.10 Å². The predicted octanol–water partition coefficient (Wildman–Crippen LogP) is 2.28. The number of fused-ring (bicyclic) bond motifs is 1. The van der Waals surface area contributed by atoms with E-state index in [9.17, 15) is 0 Å². The quantitative estimate of drug-likeness (QED) is 0.826. The van der Waals surface area contributed by atoms with Gasteiger partial charge in [0.2, 0.25) is 0 Å². The molecule has 3 heteroatoms. The van der Waals surface area contributed by atoms with E-state index in [2.05, 4.69) is 18.3 Å². The second kappa shape index (κ2) is 4.81. The van der Waals surface area contributed by atoms with Crippen molar-refractivity contribution in [1.29, 1.82) is 0 Å². The number of hydrogen-bond acceptors (Lipinski definition) is 3. The summed E-state index contributed by atoms with van der Waals surface area (Å²) in [6.45, 7) is 2.97. The van der Waals surface area contributed by atoms with Crippen LogP contribution in [0.15, 0.2) is 16.7 Å². The minimum Gasteiger partial charge on any atom is -0.469 e. The predicted molar refractivity (Wildman–Crippen MR) is 58.9 cm³/mol. The molecule has 1 aliphatic carbocycles. The van der Waals surface area contributed by atoms with Gasteiger partial charge in [0.15, 0.2) is 0 Å². The van der Waals surface area contributed by atoms with Crippen LogP contribution in [0.4, 0.5) is 0 Å². The Balaban J connectivity index is 1.95. The molecule has 1 N–H and O–H groups in total. The summed E-state index contributed by atoms with van der Waals surface area (Å²) >= 11 is 0. The van der Waals surface area contributed by atoms with Gasteiger partial charge < -0.3 is 14.5 Å². The molecule has 15 heavy (non-hydrogen) atoms. The van der Waals surface area contributed by atoms with Gasteiger partial charge in [0.25, 0.3) is 0 Å². The van der Waals surface area contributed by atoms with Gasteiger partial charge in [-0.1, -0.05) is 0 Å². The molecular formula is C12H19NO2. The van der Waals surface area contributed by atoms with Gasteiger partial charge in [0.05, 0.1) is 12.4 Å². The topological polar surface area (TPSA) is 34.4 Å². The average molecular weight is 209 g/mol. The van der Waals surface area contributed by atoms with Crippen molar-refractivity contribution in [2.75, 3.05) is 13.7 Å². The highest BCUT2D eigenvalue weighted by atomic mass is 16.5. The first-order chi connectivity index (χ1) is 7.31. The molecule has 0 spiro atoms. The van der Waals surface area contributed by atoms with Crippen LogP contribution in [0.2, 0.25) is 0 Å². The van der Waals surface area contributed by atoms with Gasteiger partial charge in [-0.15, -0.1) is 0 Å². The maximum Gasteiger partial charge on any atom is 0.108 e. The van der Waals surface area contributed by atoms with Crippen molar-refractivity contribution in [2.24, 2.45) is 0 Å². The molecule has 1 aromatic rings. The van der Waals surface area contributed by atoms with Gasteiger partial charge in [-0.05, 0) is 25.8 Å². The lowest BCUT2D eigenvalue weighted by atomic mass is 9.93. The molecular weight excluding hydrogens is 190 g/mol. The zero-order valence-electron chi connectivity index (χ0n) is 9.45. The van der Waals surface area contributed by atoms with E-state index in [1.165, 1.54) is 18.4 Å². The van der Waals surface area contributed by atoms with Crippen LogP contribution in [0.25, 0.3) is 0 Å². The Hall–Kier alpha value is -0.800. The number of aryl methyl sites for hydroxylation is 1. The highest BCUT2D eigenvalue weighted by Crippen LogP contribution is 2.30. The van der Waals surface area contributed by atoms with E-state index in [1.807, 2.05) is 0 Å². The molecule has 2 unspecified atom stereocenters. The van der Waals surface area contributed by atoms with Crippen LogP contribution < -0.4 is 5.32 Å². The van der Waals surface area contributed by atoms with Crippen LogP contribution in [-0.4, -0.2) is 19.8 Å². The maximum atomic E-state index is 5.45. The summed E-state index contributed by atoms with van der Waals surface area (Å²) in [5.74, 6) is 1.16. The molecule has 1 aromatic heterocycles. The minimum atomic E-state index is 0.266. The monoisotopic (exact) mass is 209 g/mol. The molecule has 2 atom stereocenters. The molecule has 0 aromatic carbocycles. The number of rotatable bonds is 4. The summed E-state index contributed by atoms with van der Waals surface area (Å²) < 4.78 is 10.7. The van der Waals surface area contributed by atoms with Crippen molar-refractivity contribution in [1.82, 2.24) is 5.32 Å². The molecule has 0 saturated carbocycles. The summed E-state index contributed by atoms with van der Waals surface area (Å²) in [6.07, 6.45) is 5.55. The molecule has 0 aliphatic heterocycles. The van der Waals surface area contributed by atoms with Crippen LogP contribution in [0.1, 0.15) is 37.1 Å². The summed E-state index contributed by atoms with van der Waals surface area (Å²) in [6, 6.07) is 2.54. The standard InChI is InChI=1S/C12H19NO2/c1-9(14-2)8-13-11-4-3-5-12-10(11)6-7-15-12/h6-7,9,11,13H,3-5,8H2,1-2H3. The zero-order valence-corrected chi connectivity index (χ0v) is 9.45. The minimum absolute atomic E-state index is 0.266. The van der Waals surface area contributed by atoms with Crippen molar-refractivity contribution in [3.05, 3.63) is 23.7 Å². The molecule has 3 nitrogen and oxygen atoms in total. The lowest BCUT2D eigenvalue weighted by molar-refractivity contribution is 0.113. The molecule has 0 amide bonds. The van der Waals surface area contributed by atoms with E-state index in [4.69, 9.17) is 9.15 Å². The van der Waals surface area contributed by atoms with Crippen LogP contribution in [0.5, 0.6) is 0 Å². The fraction of sp³-hybridized carbons (Fsp3) is 0.667. The van der Waals surface area contributed by atoms with Gasteiger partial charge in [0, 0.05) is 31.7 Å². The highest BCUT2D eigenvalue weighted by Gasteiger charge is 2.22. The summed E-state index contributed by atoms with van der Waals surface area (Å²) in [4.78, 5) is 0. The molecule has 2 rings (SSSR count). The van der Waals surface area contributed by atoms with Crippen molar-refractivity contribution < 1.29 is 9.15 Å². The molecule has 1 aliphatic rings. The molecule has 0 bridgehead atoms. The number of furan rings is 1. The van der Waals surface area contributed by atoms with Crippen molar-refractivity contribution in [3.8, 4) is 0 Å². The van der Waals surface area contributed by atoms with Crippen molar-refractivity contribution >= 4 is 0 Å². The van der Waals surface area contributed by atoms with Crippen molar-refractivity contribution in [3.63, 3.8) is 0 Å². The largest absolute Gasteiger partial charge is 0.469 e. The van der Waals surface area contributed by atoms with Crippen LogP contribution in [-0.2, 0) is 11.2 Å². The van der Waals surface area contributed by atoms with Crippen LogP contribution in [0.3, 0.4) is 0 Å². The van der Waals surface area contributed by atoms with Crippen LogP contribution in [0, 0.1) is 0 Å². The number of methoxy groups -OCH3 is 1. The number of ether oxygens (including phenoxy) is 1. The first kappa shape index (κ1) is 10.7. The van der Waals surface area contributed by atoms with E-state index in [1.54, 1.807) is 13.4 Å². The fourth-order valence-electron chi connectivity index (χ4n) is 2.09. The molecule has 1 heterocycles. The lowest BCUT2D eigenvalue weighted by Crippen LogP contribution is -2.31. The Morgan fingerprint density at radius 1 is 1.67 bits per heavy atom. The Bertz CT molecular complexity index is 308. The summed E-state index contributed by atoms with van der Waals surface area (Å²) in [7, 11) is 1.75. The van der Waals surface area contributed by atoms with Gasteiger partial charge in [-0.3, -0.25) is 0 Å². The fourth-order valence-corrected chi connectivity index (χ4v) is 2.09. The lowest BCUT2D eigenvalue weighted by Gasteiger charge is -2.24. The van der Waals surface area contributed by atoms with Crippen molar-refractivity contribution in [2.45, 2.75) is 38.3 Å². The molecule has 0 fully saturated rings. The molecule has 84 valence electrons. The number of hydrogen-bond donors (Lipinski definition) is 1. The van der Waals surface area contributed by atoms with Gasteiger partial charge >= 0.3 is 0 Å². The zero-order chi connectivity index (χ0) is 10.7. The molecule has 0 saturated heterocycles. The smallest absolute Gasteiger partial charge is 0.108 e. The first-order valence-electron chi connectivity index (χ1n) is 5.63. The summed E-state index contributed by atoms with van der Waals surface area (Å²) in [5, 5.41) is 3.53. The Morgan fingerprint density at radius 2 is 2.53 bits per heavy atom. The van der Waals surface area contributed by atoms with Gasteiger partial charge in [-0.2, -0.15) is 0 Å². The average Bonchev–Trinajstić information content (AvgIpc) is 2.74. The van der Waals surface area contributed by atoms with Crippen LogP contribution >= 0.6 is 0 Å². The third kappa shape index (κ3) is 2.41. The Labute approximate surface area is 90.8 Å². The Kier molecular flexibility index (Phi) is 3.44. The normalized spacial score (nSPS) is 22.4. The highest BCUT2D eigenvalue weighted by molar-refractivity contribution is 5.23. The maximum absolute atomic E-state index is 5.45. The first-order valence-corrected chi connectivity index (χ1v) is 5.63. The third-order valence-corrected chi connectivity index (χ3v) is 3.11. The van der Waals surface area contributed by atoms with Gasteiger partial charge in [0.1, 0.15) is 5.76 Å². The third-order valence-electron chi connectivity index (χ3n) is 3.11. The van der Waals surface area contributed by atoms with E-state index in [0.29, 0.717) is 6.04 Å². The second-order valence-corrected chi connectivity index (χ2v) is 4.20. The molecule has 0 radical (unpaired) electrons. The Morgan fingerprint density at radius 3 is 3.33 bits per heavy atom. The second-order valence-electron chi connectivity index (χ2n) is 4.20. The van der Waals surface area contributed by atoms with E-state index >= 15 is 0 Å².